The summed E-state index contributed by atoms with van der Waals surface area (Å²) in [5, 5.41) is 11.4. The van der Waals surface area contributed by atoms with Gasteiger partial charge >= 0.3 is 0 Å². The van der Waals surface area contributed by atoms with E-state index in [4.69, 9.17) is 14.4 Å². The van der Waals surface area contributed by atoms with Gasteiger partial charge in [-0.1, -0.05) is 146 Å². The van der Waals surface area contributed by atoms with E-state index in [1.54, 1.807) is 0 Å². The molecule has 0 saturated carbocycles. The lowest BCUT2D eigenvalue weighted by Gasteiger charge is -2.14. The third kappa shape index (κ3) is 4.66. The Morgan fingerprint density at radius 3 is 1.93 bits per heavy atom. The average molecular weight is 714 g/mol. The van der Waals surface area contributed by atoms with Crippen molar-refractivity contribution >= 4 is 76.1 Å². The predicted molar refractivity (Wildman–Crippen MR) is 232 cm³/mol. The predicted octanol–water partition coefficient (Wildman–Crippen LogP) is 13.9. The summed E-state index contributed by atoms with van der Waals surface area (Å²) >= 11 is 0. The summed E-state index contributed by atoms with van der Waals surface area (Å²) in [6.07, 6.45) is 0. The Bertz CT molecular complexity index is 3540. The Labute approximate surface area is 321 Å². The van der Waals surface area contributed by atoms with Crippen molar-refractivity contribution in [1.29, 1.82) is 0 Å². The first-order valence-corrected chi connectivity index (χ1v) is 19.0. The maximum Gasteiger partial charge on any atom is 0.161 e. The van der Waals surface area contributed by atoms with E-state index in [0.717, 1.165) is 72.0 Å². The summed E-state index contributed by atoms with van der Waals surface area (Å²) in [7, 11) is 0. The first-order chi connectivity index (χ1) is 27.7. The van der Waals surface area contributed by atoms with Crippen LogP contribution in [0.3, 0.4) is 0 Å². The molecule has 4 heteroatoms. The minimum atomic E-state index is 0.669. The average Bonchev–Trinajstić information content (AvgIpc) is 3.82. The van der Waals surface area contributed by atoms with Crippen molar-refractivity contribution in [3.05, 3.63) is 188 Å². The first-order valence-electron chi connectivity index (χ1n) is 19.0. The van der Waals surface area contributed by atoms with Crippen molar-refractivity contribution in [1.82, 2.24) is 14.5 Å². The first kappa shape index (κ1) is 30.9. The Morgan fingerprint density at radius 1 is 0.393 bits per heavy atom. The molecule has 12 rings (SSSR count). The second kappa shape index (κ2) is 12.0. The molecule has 0 aliphatic rings. The number of nitrogens with zero attached hydrogens (tertiary/aromatic N) is 3. The highest BCUT2D eigenvalue weighted by Crippen LogP contribution is 2.43. The summed E-state index contributed by atoms with van der Waals surface area (Å²) in [6.45, 7) is 0. The molecule has 0 bridgehead atoms. The Morgan fingerprint density at radius 2 is 1.05 bits per heavy atom. The number of furan rings is 1. The molecule has 0 aliphatic carbocycles. The normalized spacial score (nSPS) is 11.9. The molecule has 0 amide bonds. The topological polar surface area (TPSA) is 43.9 Å². The third-order valence-electron chi connectivity index (χ3n) is 11.4. The van der Waals surface area contributed by atoms with Crippen LogP contribution in [0.5, 0.6) is 0 Å². The van der Waals surface area contributed by atoms with Crippen molar-refractivity contribution in [3.8, 4) is 39.6 Å². The molecule has 4 nitrogen and oxygen atoms in total. The lowest BCUT2D eigenvalue weighted by atomic mass is 9.98. The summed E-state index contributed by atoms with van der Waals surface area (Å²) < 4.78 is 9.17. The summed E-state index contributed by atoms with van der Waals surface area (Å²) in [5.74, 6) is 0.669. The highest BCUT2D eigenvalue weighted by Gasteiger charge is 2.21. The Hall–Kier alpha value is -7.56. The van der Waals surface area contributed by atoms with Gasteiger partial charge in [-0.2, -0.15) is 0 Å². The van der Waals surface area contributed by atoms with E-state index >= 15 is 0 Å². The third-order valence-corrected chi connectivity index (χ3v) is 11.4. The molecule has 56 heavy (non-hydrogen) atoms. The van der Waals surface area contributed by atoms with Crippen LogP contribution in [0, 0.1) is 0 Å². The molecule has 0 aliphatic heterocycles. The number of hydrogen-bond acceptors (Lipinski definition) is 3. The summed E-state index contributed by atoms with van der Waals surface area (Å²) in [4.78, 5) is 10.7. The molecular formula is C52H31N3O. The van der Waals surface area contributed by atoms with Crippen molar-refractivity contribution in [2.45, 2.75) is 0 Å². The lowest BCUT2D eigenvalue weighted by molar-refractivity contribution is 0.672. The van der Waals surface area contributed by atoms with Crippen molar-refractivity contribution in [2.24, 2.45) is 0 Å². The van der Waals surface area contributed by atoms with Crippen molar-refractivity contribution in [2.75, 3.05) is 0 Å². The molecule has 12 aromatic rings. The highest BCUT2D eigenvalue weighted by atomic mass is 16.3. The molecular weight excluding hydrogens is 683 g/mol. The zero-order valence-electron chi connectivity index (χ0n) is 30.1. The van der Waals surface area contributed by atoms with Crippen LogP contribution in [0.15, 0.2) is 192 Å². The van der Waals surface area contributed by atoms with Crippen LogP contribution in [0.25, 0.3) is 116 Å². The number of rotatable bonds is 4. The van der Waals surface area contributed by atoms with Gasteiger partial charge in [0.2, 0.25) is 0 Å². The van der Waals surface area contributed by atoms with Gasteiger partial charge in [-0.25, -0.2) is 9.97 Å². The molecule has 0 saturated heterocycles. The highest BCUT2D eigenvalue weighted by molar-refractivity contribution is 6.21. The quantitative estimate of drug-likeness (QED) is 0.182. The zero-order valence-corrected chi connectivity index (χ0v) is 30.1. The lowest BCUT2D eigenvalue weighted by Crippen LogP contribution is -1.98. The summed E-state index contributed by atoms with van der Waals surface area (Å²) in [5.41, 5.74) is 9.91. The van der Waals surface area contributed by atoms with Crippen LogP contribution >= 0.6 is 0 Å². The standard InChI is InChI=1S/C52H31N3O/c1-2-14-34(15-3-1)46-31-47(36-23-22-32-12-4-5-16-35(32)28-36)54-52(53-46)45-30-44-41-19-9-11-21-49(41)56-51(44)43-29-37(25-27-39(43)45)55-48-20-10-8-18-40(48)42-26-24-33-13-6-7-17-38(33)50(42)55/h1-31H. The number of aromatic nitrogens is 3. The fourth-order valence-electron chi connectivity index (χ4n) is 8.73. The molecule has 0 radical (unpaired) electrons. The molecule has 0 unspecified atom stereocenters. The second-order valence-corrected chi connectivity index (χ2v) is 14.6. The molecule has 0 atom stereocenters. The number of fused-ring (bicyclic) bond motifs is 11. The van der Waals surface area contributed by atoms with Gasteiger partial charge in [-0.3, -0.25) is 0 Å². The number of benzene rings is 9. The van der Waals surface area contributed by atoms with E-state index < -0.39 is 0 Å². The van der Waals surface area contributed by atoms with Gasteiger partial charge in [0.1, 0.15) is 11.2 Å². The van der Waals surface area contributed by atoms with Crippen LogP contribution in [-0.4, -0.2) is 14.5 Å². The van der Waals surface area contributed by atoms with E-state index in [0.29, 0.717) is 5.82 Å². The van der Waals surface area contributed by atoms with Crippen molar-refractivity contribution < 1.29 is 4.42 Å². The maximum atomic E-state index is 6.75. The van der Waals surface area contributed by atoms with E-state index in [2.05, 4.69) is 174 Å². The molecule has 260 valence electrons. The molecule has 3 aromatic heterocycles. The monoisotopic (exact) mass is 713 g/mol. The van der Waals surface area contributed by atoms with Gasteiger partial charge in [0.15, 0.2) is 5.82 Å². The SMILES string of the molecule is c1ccc(-c2cc(-c3ccc4ccccc4c3)nc(-c3cc4c5ccccc5oc4c4cc(-n5c6ccccc6c6ccc7ccccc7c65)ccc34)n2)cc1. The minimum Gasteiger partial charge on any atom is -0.455 e. The van der Waals surface area contributed by atoms with Crippen LogP contribution in [0.1, 0.15) is 0 Å². The fraction of sp³-hybridized carbons (Fsp3) is 0. The minimum absolute atomic E-state index is 0.669. The fourth-order valence-corrected chi connectivity index (χ4v) is 8.73. The van der Waals surface area contributed by atoms with Gasteiger partial charge in [0.05, 0.1) is 22.4 Å². The molecule has 9 aromatic carbocycles. The van der Waals surface area contributed by atoms with Crippen LogP contribution < -0.4 is 0 Å². The van der Waals surface area contributed by atoms with E-state index in [9.17, 15) is 0 Å². The molecule has 0 N–H and O–H groups in total. The molecule has 0 fully saturated rings. The van der Waals surface area contributed by atoms with Gasteiger partial charge in [-0.15, -0.1) is 0 Å². The van der Waals surface area contributed by atoms with Crippen LogP contribution in [0.4, 0.5) is 0 Å². The van der Waals surface area contributed by atoms with E-state index in [1.165, 1.54) is 37.8 Å². The maximum absolute atomic E-state index is 6.75. The van der Waals surface area contributed by atoms with Gasteiger partial charge in [0.25, 0.3) is 0 Å². The molecule has 0 spiro atoms. The van der Waals surface area contributed by atoms with Crippen molar-refractivity contribution in [3.63, 3.8) is 0 Å². The van der Waals surface area contributed by atoms with Gasteiger partial charge in [-0.05, 0) is 64.0 Å². The largest absolute Gasteiger partial charge is 0.455 e. The van der Waals surface area contributed by atoms with Crippen LogP contribution in [0.2, 0.25) is 0 Å². The zero-order chi connectivity index (χ0) is 36.7. The van der Waals surface area contributed by atoms with E-state index in [-0.39, 0.29) is 0 Å². The smallest absolute Gasteiger partial charge is 0.161 e. The molecule has 3 heterocycles. The van der Waals surface area contributed by atoms with E-state index in [1.807, 2.05) is 18.2 Å². The Balaban J connectivity index is 1.17. The second-order valence-electron chi connectivity index (χ2n) is 14.6. The van der Waals surface area contributed by atoms with Gasteiger partial charge < -0.3 is 8.98 Å². The Kier molecular flexibility index (Phi) is 6.60. The van der Waals surface area contributed by atoms with Crippen LogP contribution in [-0.2, 0) is 0 Å². The number of para-hydroxylation sites is 2. The van der Waals surface area contributed by atoms with Gasteiger partial charge in [0, 0.05) is 54.7 Å². The summed E-state index contributed by atoms with van der Waals surface area (Å²) in [6, 6.07) is 66.7. The number of hydrogen-bond donors (Lipinski definition) is 0.